The van der Waals surface area contributed by atoms with Gasteiger partial charge in [0.25, 0.3) is 0 Å². The maximum Gasteiger partial charge on any atom is 0.147 e. The van der Waals surface area contributed by atoms with Crippen LogP contribution in [0.3, 0.4) is 0 Å². The van der Waals surface area contributed by atoms with Crippen LogP contribution in [0.2, 0.25) is 0 Å². The van der Waals surface area contributed by atoms with Crippen molar-refractivity contribution >= 4 is 17.2 Å². The summed E-state index contributed by atoms with van der Waals surface area (Å²) in [5.74, 6) is 1.31. The minimum absolute atomic E-state index is 0.532. The highest BCUT2D eigenvalue weighted by molar-refractivity contribution is 7.13. The molecule has 0 aliphatic carbocycles. The molecule has 0 saturated heterocycles. The Balaban J connectivity index is 2.53. The first-order valence-corrected chi connectivity index (χ1v) is 3.99. The molecule has 0 fully saturated rings. The number of nitrogen functional groups attached to an aromatic ring is 1. The number of nitrogens with zero attached hydrogens (tertiary/aromatic N) is 1. The molecule has 0 aromatic carbocycles. The Hall–Kier alpha value is -1.29. The molecule has 0 saturated carbocycles. The molecule has 0 aliphatic heterocycles. The van der Waals surface area contributed by atoms with Gasteiger partial charge in [-0.25, -0.2) is 4.98 Å². The average molecular weight is 166 g/mol. The fourth-order valence-corrected chi connectivity index (χ4v) is 1.52. The highest BCUT2D eigenvalue weighted by Gasteiger charge is 2.06. The van der Waals surface area contributed by atoms with Gasteiger partial charge in [0.1, 0.15) is 16.5 Å². The van der Waals surface area contributed by atoms with E-state index in [4.69, 9.17) is 10.2 Å². The first-order chi connectivity index (χ1) is 5.38. The molecule has 3 nitrogen and oxygen atoms in total. The van der Waals surface area contributed by atoms with Gasteiger partial charge in [0.05, 0.1) is 11.8 Å². The maximum atomic E-state index is 5.57. The molecular weight excluding hydrogens is 160 g/mol. The van der Waals surface area contributed by atoms with Crippen LogP contribution in [-0.4, -0.2) is 4.98 Å². The SMILES string of the molecule is Nc1ncsc1-c1ccco1. The van der Waals surface area contributed by atoms with E-state index in [0.29, 0.717) is 5.82 Å². The summed E-state index contributed by atoms with van der Waals surface area (Å²) >= 11 is 1.48. The lowest BCUT2D eigenvalue weighted by atomic mass is 10.4. The number of anilines is 1. The number of nitrogens with two attached hydrogens (primary N) is 1. The second-order valence-corrected chi connectivity index (χ2v) is 2.90. The van der Waals surface area contributed by atoms with Crippen molar-refractivity contribution in [2.75, 3.05) is 5.73 Å². The molecule has 4 heteroatoms. The van der Waals surface area contributed by atoms with Gasteiger partial charge in [0, 0.05) is 0 Å². The summed E-state index contributed by atoms with van der Waals surface area (Å²) in [5.41, 5.74) is 7.27. The number of furan rings is 1. The van der Waals surface area contributed by atoms with Crippen LogP contribution in [0.1, 0.15) is 0 Å². The van der Waals surface area contributed by atoms with E-state index < -0.39 is 0 Å². The molecule has 11 heavy (non-hydrogen) atoms. The number of rotatable bonds is 1. The molecule has 2 aromatic heterocycles. The zero-order chi connectivity index (χ0) is 7.68. The normalized spacial score (nSPS) is 10.2. The molecule has 56 valence electrons. The molecule has 0 bridgehead atoms. The molecule has 2 rings (SSSR count). The second-order valence-electron chi connectivity index (χ2n) is 2.04. The van der Waals surface area contributed by atoms with E-state index in [1.54, 1.807) is 11.8 Å². The highest BCUT2D eigenvalue weighted by atomic mass is 32.1. The Kier molecular flexibility index (Phi) is 1.40. The standard InChI is InChI=1S/C7H6N2OS/c8-7-6(11-4-9-7)5-2-1-3-10-5/h1-4H,8H2. The second kappa shape index (κ2) is 2.39. The summed E-state index contributed by atoms with van der Waals surface area (Å²) in [5, 5.41) is 0. The lowest BCUT2D eigenvalue weighted by molar-refractivity contribution is 0.584. The van der Waals surface area contributed by atoms with Gasteiger partial charge in [-0.05, 0) is 12.1 Å². The Morgan fingerprint density at radius 3 is 3.00 bits per heavy atom. The van der Waals surface area contributed by atoms with Crippen LogP contribution in [0.15, 0.2) is 28.3 Å². The van der Waals surface area contributed by atoms with Crippen LogP contribution in [0, 0.1) is 0 Å². The van der Waals surface area contributed by atoms with E-state index in [1.165, 1.54) is 11.3 Å². The molecule has 0 amide bonds. The van der Waals surface area contributed by atoms with Crippen LogP contribution in [-0.2, 0) is 0 Å². The quantitative estimate of drug-likeness (QED) is 0.704. The Labute approximate surface area is 67.5 Å². The molecule has 0 atom stereocenters. The number of hydrogen-bond acceptors (Lipinski definition) is 4. The van der Waals surface area contributed by atoms with Crippen molar-refractivity contribution in [2.45, 2.75) is 0 Å². The fraction of sp³-hybridized carbons (Fsp3) is 0. The van der Waals surface area contributed by atoms with Crippen molar-refractivity contribution in [1.29, 1.82) is 0 Å². The topological polar surface area (TPSA) is 52.0 Å². The Morgan fingerprint density at radius 2 is 2.45 bits per heavy atom. The maximum absolute atomic E-state index is 5.57. The zero-order valence-electron chi connectivity index (χ0n) is 5.65. The third-order valence-corrected chi connectivity index (χ3v) is 2.20. The first-order valence-electron chi connectivity index (χ1n) is 3.11. The van der Waals surface area contributed by atoms with Gasteiger partial charge in [-0.1, -0.05) is 0 Å². The summed E-state index contributed by atoms with van der Waals surface area (Å²) in [6, 6.07) is 3.69. The van der Waals surface area contributed by atoms with Gasteiger partial charge in [-0.3, -0.25) is 0 Å². The lowest BCUT2D eigenvalue weighted by Crippen LogP contribution is -1.84. The van der Waals surface area contributed by atoms with Crippen LogP contribution >= 0.6 is 11.3 Å². The molecule has 0 unspecified atom stereocenters. The molecule has 2 heterocycles. The minimum atomic E-state index is 0.532. The van der Waals surface area contributed by atoms with Crippen molar-refractivity contribution < 1.29 is 4.42 Å². The summed E-state index contributed by atoms with van der Waals surface area (Å²) in [6.07, 6.45) is 1.62. The van der Waals surface area contributed by atoms with Gasteiger partial charge in [0.2, 0.25) is 0 Å². The van der Waals surface area contributed by atoms with E-state index in [-0.39, 0.29) is 0 Å². The lowest BCUT2D eigenvalue weighted by Gasteiger charge is -1.89. The first kappa shape index (κ1) is 6.42. The van der Waals surface area contributed by atoms with Crippen LogP contribution < -0.4 is 5.73 Å². The van der Waals surface area contributed by atoms with Crippen molar-refractivity contribution in [3.63, 3.8) is 0 Å². The van der Waals surface area contributed by atoms with Crippen LogP contribution in [0.5, 0.6) is 0 Å². The number of hydrogen-bond donors (Lipinski definition) is 1. The predicted molar refractivity (Wildman–Crippen MR) is 44.2 cm³/mol. The minimum Gasteiger partial charge on any atom is -0.463 e. The van der Waals surface area contributed by atoms with Crippen molar-refractivity contribution in [3.8, 4) is 10.6 Å². The molecule has 2 aromatic rings. The van der Waals surface area contributed by atoms with Gasteiger partial charge in [0.15, 0.2) is 0 Å². The van der Waals surface area contributed by atoms with Crippen LogP contribution in [0.25, 0.3) is 10.6 Å². The number of thiazole rings is 1. The molecular formula is C7H6N2OS. The summed E-state index contributed by atoms with van der Waals surface area (Å²) in [4.78, 5) is 4.81. The molecule has 2 N–H and O–H groups in total. The third-order valence-electron chi connectivity index (χ3n) is 1.34. The Bertz CT molecular complexity index is 339. The van der Waals surface area contributed by atoms with E-state index in [1.807, 2.05) is 12.1 Å². The van der Waals surface area contributed by atoms with Crippen LogP contribution in [0.4, 0.5) is 5.82 Å². The van der Waals surface area contributed by atoms with Gasteiger partial charge in [-0.15, -0.1) is 11.3 Å². The van der Waals surface area contributed by atoms with Crippen molar-refractivity contribution in [2.24, 2.45) is 0 Å². The van der Waals surface area contributed by atoms with Gasteiger partial charge in [-0.2, -0.15) is 0 Å². The summed E-state index contributed by atoms with van der Waals surface area (Å²) < 4.78 is 5.15. The predicted octanol–water partition coefficient (Wildman–Crippen LogP) is 1.99. The number of aromatic nitrogens is 1. The van der Waals surface area contributed by atoms with E-state index in [2.05, 4.69) is 4.98 Å². The summed E-state index contributed by atoms with van der Waals surface area (Å²) in [7, 11) is 0. The van der Waals surface area contributed by atoms with Crippen molar-refractivity contribution in [3.05, 3.63) is 23.9 Å². The largest absolute Gasteiger partial charge is 0.463 e. The van der Waals surface area contributed by atoms with Gasteiger partial charge < -0.3 is 10.2 Å². The molecule has 0 radical (unpaired) electrons. The average Bonchev–Trinajstić information content (AvgIpc) is 2.55. The highest BCUT2D eigenvalue weighted by Crippen LogP contribution is 2.29. The van der Waals surface area contributed by atoms with Gasteiger partial charge >= 0.3 is 0 Å². The van der Waals surface area contributed by atoms with Crippen molar-refractivity contribution in [1.82, 2.24) is 4.98 Å². The molecule has 0 aliphatic rings. The van der Waals surface area contributed by atoms with E-state index in [9.17, 15) is 0 Å². The van der Waals surface area contributed by atoms with E-state index >= 15 is 0 Å². The monoisotopic (exact) mass is 166 g/mol. The molecule has 0 spiro atoms. The third kappa shape index (κ3) is 1.01. The fourth-order valence-electron chi connectivity index (χ4n) is 0.847. The van der Waals surface area contributed by atoms with E-state index in [0.717, 1.165) is 10.6 Å². The summed E-state index contributed by atoms with van der Waals surface area (Å²) in [6.45, 7) is 0. The smallest absolute Gasteiger partial charge is 0.147 e. The Morgan fingerprint density at radius 1 is 1.55 bits per heavy atom. The zero-order valence-corrected chi connectivity index (χ0v) is 6.47.